The molecule has 0 spiro atoms. The van der Waals surface area contributed by atoms with Gasteiger partial charge in [0.05, 0.1) is 13.7 Å². The van der Waals surface area contributed by atoms with Gasteiger partial charge in [0.2, 0.25) is 0 Å². The van der Waals surface area contributed by atoms with Crippen molar-refractivity contribution in [3.8, 4) is 17.6 Å². The summed E-state index contributed by atoms with van der Waals surface area (Å²) in [6, 6.07) is 7.56. The molecule has 134 valence electrons. The Morgan fingerprint density at radius 1 is 1.40 bits per heavy atom. The van der Waals surface area contributed by atoms with Crippen molar-refractivity contribution < 1.29 is 14.3 Å². The second kappa shape index (κ2) is 9.12. The maximum Gasteiger partial charge on any atom is 0.262 e. The Bertz CT molecular complexity index is 676. The molecule has 5 heteroatoms. The van der Waals surface area contributed by atoms with Crippen LogP contribution in [0.3, 0.4) is 0 Å². The van der Waals surface area contributed by atoms with Crippen molar-refractivity contribution in [3.05, 3.63) is 29.3 Å². The number of ether oxygens (including phenoxy) is 2. The van der Waals surface area contributed by atoms with Crippen LogP contribution in [-0.2, 0) is 4.79 Å². The van der Waals surface area contributed by atoms with Crippen LogP contribution in [0, 0.1) is 17.2 Å². The fourth-order valence-corrected chi connectivity index (χ4v) is 3.22. The predicted octanol–water partition coefficient (Wildman–Crippen LogP) is 3.70. The molecule has 1 saturated carbocycles. The van der Waals surface area contributed by atoms with E-state index >= 15 is 0 Å². The molecule has 0 aliphatic heterocycles. The third-order valence-electron chi connectivity index (χ3n) is 4.61. The third kappa shape index (κ3) is 4.76. The first kappa shape index (κ1) is 18.9. The summed E-state index contributed by atoms with van der Waals surface area (Å²) in [6.07, 6.45) is 5.96. The Morgan fingerprint density at radius 3 is 2.80 bits per heavy atom. The summed E-state index contributed by atoms with van der Waals surface area (Å²) in [5.41, 5.74) is 0.724. The zero-order valence-corrected chi connectivity index (χ0v) is 15.2. The zero-order valence-electron chi connectivity index (χ0n) is 15.2. The van der Waals surface area contributed by atoms with Gasteiger partial charge in [-0.25, -0.2) is 0 Å². The lowest BCUT2D eigenvalue weighted by Gasteiger charge is -2.29. The molecule has 0 unspecified atom stereocenters. The van der Waals surface area contributed by atoms with Crippen LogP contribution >= 0.6 is 0 Å². The number of hydrogen-bond acceptors (Lipinski definition) is 4. The SMILES string of the molecule is CCOc1cccc(/C=C(\C#N)C(=O)N[C@H]2CCCC[C@H]2C)c1OC. The zero-order chi connectivity index (χ0) is 18.2. The van der Waals surface area contributed by atoms with Gasteiger partial charge in [-0.15, -0.1) is 0 Å². The van der Waals surface area contributed by atoms with Gasteiger partial charge >= 0.3 is 0 Å². The average Bonchev–Trinajstić information content (AvgIpc) is 2.62. The maximum absolute atomic E-state index is 12.5. The van der Waals surface area contributed by atoms with Crippen molar-refractivity contribution in [1.82, 2.24) is 5.32 Å². The molecule has 1 N–H and O–H groups in total. The van der Waals surface area contributed by atoms with E-state index < -0.39 is 0 Å². The highest BCUT2D eigenvalue weighted by atomic mass is 16.5. The number of nitriles is 1. The second-order valence-electron chi connectivity index (χ2n) is 6.32. The van der Waals surface area contributed by atoms with Gasteiger partial charge < -0.3 is 14.8 Å². The van der Waals surface area contributed by atoms with E-state index in [1.54, 1.807) is 25.3 Å². The Hall–Kier alpha value is -2.48. The number of benzene rings is 1. The van der Waals surface area contributed by atoms with E-state index in [9.17, 15) is 10.1 Å². The third-order valence-corrected chi connectivity index (χ3v) is 4.61. The monoisotopic (exact) mass is 342 g/mol. The number of nitrogens with one attached hydrogen (secondary N) is 1. The van der Waals surface area contributed by atoms with Crippen LogP contribution in [0.5, 0.6) is 11.5 Å². The van der Waals surface area contributed by atoms with Gasteiger partial charge in [-0.3, -0.25) is 4.79 Å². The molecule has 0 radical (unpaired) electrons. The van der Waals surface area contributed by atoms with E-state index in [4.69, 9.17) is 9.47 Å². The number of methoxy groups -OCH3 is 1. The van der Waals surface area contributed by atoms with Gasteiger partial charge in [0.1, 0.15) is 11.6 Å². The first-order chi connectivity index (χ1) is 12.1. The number of rotatable bonds is 6. The summed E-state index contributed by atoms with van der Waals surface area (Å²) in [6.45, 7) is 4.55. The van der Waals surface area contributed by atoms with Crippen LogP contribution in [0.4, 0.5) is 0 Å². The number of para-hydroxylation sites is 1. The quantitative estimate of drug-likeness (QED) is 0.632. The van der Waals surface area contributed by atoms with Crippen LogP contribution in [0.25, 0.3) is 6.08 Å². The molecular weight excluding hydrogens is 316 g/mol. The fourth-order valence-electron chi connectivity index (χ4n) is 3.22. The molecule has 0 heterocycles. The molecule has 0 bridgehead atoms. The van der Waals surface area contributed by atoms with E-state index in [0.29, 0.717) is 29.6 Å². The van der Waals surface area contributed by atoms with Crippen LogP contribution in [0.2, 0.25) is 0 Å². The molecular formula is C20H26N2O3. The van der Waals surface area contributed by atoms with Crippen LogP contribution in [0.1, 0.15) is 45.1 Å². The van der Waals surface area contributed by atoms with E-state index in [0.717, 1.165) is 19.3 Å². The van der Waals surface area contributed by atoms with Gasteiger partial charge in [0.25, 0.3) is 5.91 Å². The normalized spacial score (nSPS) is 20.5. The van der Waals surface area contributed by atoms with Crippen molar-refractivity contribution in [2.75, 3.05) is 13.7 Å². The molecule has 1 aliphatic carbocycles. The summed E-state index contributed by atoms with van der Waals surface area (Å²) >= 11 is 0. The summed E-state index contributed by atoms with van der Waals surface area (Å²) < 4.78 is 11.0. The highest BCUT2D eigenvalue weighted by Crippen LogP contribution is 2.32. The smallest absolute Gasteiger partial charge is 0.262 e. The molecule has 1 fully saturated rings. The maximum atomic E-state index is 12.5. The van der Waals surface area contributed by atoms with E-state index in [1.165, 1.54) is 6.42 Å². The molecule has 0 saturated heterocycles. The summed E-state index contributed by atoms with van der Waals surface area (Å²) in [4.78, 5) is 12.5. The first-order valence-corrected chi connectivity index (χ1v) is 8.83. The van der Waals surface area contributed by atoms with Crippen LogP contribution in [0.15, 0.2) is 23.8 Å². The Kier molecular flexibility index (Phi) is 6.88. The minimum Gasteiger partial charge on any atom is -0.492 e. The van der Waals surface area contributed by atoms with Gasteiger partial charge in [0, 0.05) is 11.6 Å². The van der Waals surface area contributed by atoms with E-state index in [1.807, 2.05) is 19.1 Å². The summed E-state index contributed by atoms with van der Waals surface area (Å²) in [5.74, 6) is 1.23. The predicted molar refractivity (Wildman–Crippen MR) is 97.3 cm³/mol. The standard InChI is InChI=1S/C20H26N2O3/c1-4-25-18-11-7-9-15(19(18)24-3)12-16(13-21)20(23)22-17-10-6-5-8-14(17)2/h7,9,11-12,14,17H,4-6,8,10H2,1-3H3,(H,22,23)/b16-12+/t14-,17+/m1/s1. The second-order valence-corrected chi connectivity index (χ2v) is 6.32. The van der Waals surface area contributed by atoms with Gasteiger partial charge in [-0.05, 0) is 37.8 Å². The molecule has 2 rings (SSSR count). The largest absolute Gasteiger partial charge is 0.492 e. The van der Waals surface area contributed by atoms with Crippen molar-refractivity contribution in [3.63, 3.8) is 0 Å². The molecule has 2 atom stereocenters. The number of nitrogens with zero attached hydrogens (tertiary/aromatic N) is 1. The molecule has 1 aromatic carbocycles. The Labute approximate surface area is 149 Å². The Balaban J connectivity index is 2.23. The lowest BCUT2D eigenvalue weighted by Crippen LogP contribution is -2.41. The minimum atomic E-state index is -0.329. The minimum absolute atomic E-state index is 0.0738. The summed E-state index contributed by atoms with van der Waals surface area (Å²) in [7, 11) is 1.55. The number of carbonyl (C=O) groups excluding carboxylic acids is 1. The lowest BCUT2D eigenvalue weighted by atomic mass is 9.86. The van der Waals surface area contributed by atoms with Crippen LogP contribution in [-0.4, -0.2) is 25.7 Å². The molecule has 0 aromatic heterocycles. The first-order valence-electron chi connectivity index (χ1n) is 8.83. The van der Waals surface area contributed by atoms with Crippen molar-refractivity contribution in [1.29, 1.82) is 5.26 Å². The van der Waals surface area contributed by atoms with E-state index in [2.05, 4.69) is 12.2 Å². The number of hydrogen-bond donors (Lipinski definition) is 1. The van der Waals surface area contributed by atoms with Crippen LogP contribution < -0.4 is 14.8 Å². The summed E-state index contributed by atoms with van der Waals surface area (Å²) in [5, 5.41) is 12.5. The van der Waals surface area contributed by atoms with Crippen molar-refractivity contribution in [2.24, 2.45) is 5.92 Å². The van der Waals surface area contributed by atoms with Crippen molar-refractivity contribution in [2.45, 2.75) is 45.6 Å². The lowest BCUT2D eigenvalue weighted by molar-refractivity contribution is -0.118. The average molecular weight is 342 g/mol. The van der Waals surface area contributed by atoms with Gasteiger partial charge in [-0.1, -0.05) is 31.9 Å². The molecule has 5 nitrogen and oxygen atoms in total. The molecule has 25 heavy (non-hydrogen) atoms. The number of carbonyl (C=O) groups is 1. The molecule has 1 aliphatic rings. The highest BCUT2D eigenvalue weighted by Gasteiger charge is 2.24. The van der Waals surface area contributed by atoms with Gasteiger partial charge in [-0.2, -0.15) is 5.26 Å². The Morgan fingerprint density at radius 2 is 2.16 bits per heavy atom. The molecule has 1 aromatic rings. The molecule has 1 amide bonds. The fraction of sp³-hybridized carbons (Fsp3) is 0.500. The van der Waals surface area contributed by atoms with Crippen molar-refractivity contribution >= 4 is 12.0 Å². The number of amides is 1. The van der Waals surface area contributed by atoms with E-state index in [-0.39, 0.29) is 17.5 Å². The topological polar surface area (TPSA) is 71.3 Å². The highest BCUT2D eigenvalue weighted by molar-refractivity contribution is 6.02. The van der Waals surface area contributed by atoms with Gasteiger partial charge in [0.15, 0.2) is 11.5 Å².